The number of ketones is 1. The molecule has 0 saturated heterocycles. The molecule has 1 N–H and O–H groups in total. The molecule has 2 aromatic rings. The van der Waals surface area contributed by atoms with Gasteiger partial charge in [-0.15, -0.1) is 0 Å². The number of benzene rings is 1. The van der Waals surface area contributed by atoms with Gasteiger partial charge in [0.2, 0.25) is 5.91 Å². The van der Waals surface area contributed by atoms with Crippen LogP contribution < -0.4 is 5.32 Å². The van der Waals surface area contributed by atoms with E-state index in [4.69, 9.17) is 4.74 Å². The van der Waals surface area contributed by atoms with E-state index in [1.165, 1.54) is 37.4 Å². The van der Waals surface area contributed by atoms with Gasteiger partial charge >= 0.3 is 5.97 Å². The number of carbonyl (C=O) groups excluding carboxylic acids is 3. The standard InChI is InChI=1S/C18H17FN2O4/c1-3-25-18(24)16(12-4-6-13(19)7-5-12)17(23)15-10-14(8-9-20-15)21-11(2)22/h4-10,16H,3H2,1-2H3,(H,20,21,22). The number of ether oxygens (including phenoxy) is 1. The van der Waals surface area contributed by atoms with Crippen LogP contribution in [0.2, 0.25) is 0 Å². The lowest BCUT2D eigenvalue weighted by Crippen LogP contribution is -2.25. The fourth-order valence-electron chi connectivity index (χ4n) is 2.27. The van der Waals surface area contributed by atoms with Crippen LogP contribution >= 0.6 is 0 Å². The largest absolute Gasteiger partial charge is 0.465 e. The maximum absolute atomic E-state index is 13.1. The number of hydrogen-bond acceptors (Lipinski definition) is 5. The van der Waals surface area contributed by atoms with E-state index in [0.717, 1.165) is 12.1 Å². The van der Waals surface area contributed by atoms with Crippen molar-refractivity contribution in [3.8, 4) is 0 Å². The van der Waals surface area contributed by atoms with Crippen LogP contribution in [-0.4, -0.2) is 29.3 Å². The van der Waals surface area contributed by atoms with Gasteiger partial charge in [-0.3, -0.25) is 19.4 Å². The van der Waals surface area contributed by atoms with Crippen molar-refractivity contribution in [2.24, 2.45) is 0 Å². The Balaban J connectivity index is 2.39. The highest BCUT2D eigenvalue weighted by Gasteiger charge is 2.31. The Morgan fingerprint density at radius 1 is 1.20 bits per heavy atom. The van der Waals surface area contributed by atoms with E-state index in [1.54, 1.807) is 6.92 Å². The summed E-state index contributed by atoms with van der Waals surface area (Å²) in [6.45, 7) is 3.06. The van der Waals surface area contributed by atoms with Gasteiger partial charge in [0, 0.05) is 18.8 Å². The summed E-state index contributed by atoms with van der Waals surface area (Å²) in [7, 11) is 0. The zero-order valence-electron chi connectivity index (χ0n) is 13.8. The van der Waals surface area contributed by atoms with E-state index < -0.39 is 23.5 Å². The highest BCUT2D eigenvalue weighted by atomic mass is 19.1. The maximum Gasteiger partial charge on any atom is 0.321 e. The van der Waals surface area contributed by atoms with Crippen molar-refractivity contribution in [1.82, 2.24) is 4.98 Å². The lowest BCUT2D eigenvalue weighted by atomic mass is 9.92. The summed E-state index contributed by atoms with van der Waals surface area (Å²) in [5.41, 5.74) is 0.678. The van der Waals surface area contributed by atoms with E-state index in [1.807, 2.05) is 0 Å². The normalized spacial score (nSPS) is 11.5. The first-order valence-corrected chi connectivity index (χ1v) is 7.62. The molecular formula is C18H17FN2O4. The predicted molar refractivity (Wildman–Crippen MR) is 88.6 cm³/mol. The van der Waals surface area contributed by atoms with Gasteiger partial charge < -0.3 is 10.1 Å². The van der Waals surface area contributed by atoms with Gasteiger partial charge in [-0.05, 0) is 36.8 Å². The molecule has 0 bridgehead atoms. The Morgan fingerprint density at radius 3 is 2.48 bits per heavy atom. The molecule has 0 aliphatic carbocycles. The minimum atomic E-state index is -1.26. The third kappa shape index (κ3) is 4.69. The highest BCUT2D eigenvalue weighted by molar-refractivity contribution is 6.12. The first kappa shape index (κ1) is 18.3. The second-order valence-corrected chi connectivity index (χ2v) is 5.21. The van der Waals surface area contributed by atoms with Crippen LogP contribution in [0.4, 0.5) is 10.1 Å². The third-order valence-corrected chi connectivity index (χ3v) is 3.32. The summed E-state index contributed by atoms with van der Waals surface area (Å²) in [5, 5.41) is 2.54. The molecular weight excluding hydrogens is 327 g/mol. The fourth-order valence-corrected chi connectivity index (χ4v) is 2.27. The molecule has 130 valence electrons. The van der Waals surface area contributed by atoms with Crippen molar-refractivity contribution in [3.05, 3.63) is 59.7 Å². The molecule has 1 amide bonds. The highest BCUT2D eigenvalue weighted by Crippen LogP contribution is 2.23. The van der Waals surface area contributed by atoms with E-state index >= 15 is 0 Å². The molecule has 1 aromatic heterocycles. The molecule has 7 heteroatoms. The number of aromatic nitrogens is 1. The lowest BCUT2D eigenvalue weighted by Gasteiger charge is -2.15. The average Bonchev–Trinajstić information content (AvgIpc) is 2.56. The van der Waals surface area contributed by atoms with Gasteiger partial charge in [0.1, 0.15) is 17.4 Å². The SMILES string of the molecule is CCOC(=O)C(C(=O)c1cc(NC(C)=O)ccn1)c1ccc(F)cc1. The Kier molecular flexibility index (Phi) is 5.94. The molecule has 1 atom stereocenters. The van der Waals surface area contributed by atoms with Crippen molar-refractivity contribution in [2.75, 3.05) is 11.9 Å². The van der Waals surface area contributed by atoms with Crippen molar-refractivity contribution in [2.45, 2.75) is 19.8 Å². The lowest BCUT2D eigenvalue weighted by molar-refractivity contribution is -0.143. The fraction of sp³-hybridized carbons (Fsp3) is 0.222. The number of carbonyl (C=O) groups is 3. The Labute approximate surface area is 144 Å². The van der Waals surface area contributed by atoms with Crippen LogP contribution in [0.15, 0.2) is 42.6 Å². The van der Waals surface area contributed by atoms with Gasteiger partial charge in [-0.1, -0.05) is 12.1 Å². The molecule has 0 spiro atoms. The van der Waals surface area contributed by atoms with Crippen LogP contribution in [0, 0.1) is 5.82 Å². The molecule has 0 fully saturated rings. The molecule has 25 heavy (non-hydrogen) atoms. The van der Waals surface area contributed by atoms with Crippen LogP contribution in [0.3, 0.4) is 0 Å². The van der Waals surface area contributed by atoms with Crippen molar-refractivity contribution in [3.63, 3.8) is 0 Å². The Bertz CT molecular complexity index is 790. The maximum atomic E-state index is 13.1. The first-order chi connectivity index (χ1) is 11.9. The van der Waals surface area contributed by atoms with Crippen LogP contribution in [0.25, 0.3) is 0 Å². The minimum Gasteiger partial charge on any atom is -0.465 e. The van der Waals surface area contributed by atoms with Crippen LogP contribution in [0.1, 0.15) is 35.8 Å². The van der Waals surface area contributed by atoms with E-state index in [-0.39, 0.29) is 18.2 Å². The summed E-state index contributed by atoms with van der Waals surface area (Å²) in [6.07, 6.45) is 1.35. The molecule has 0 aliphatic rings. The number of hydrogen-bond donors (Lipinski definition) is 1. The quantitative estimate of drug-likeness (QED) is 0.495. The zero-order valence-corrected chi connectivity index (χ0v) is 13.8. The number of nitrogens with zero attached hydrogens (tertiary/aromatic N) is 1. The average molecular weight is 344 g/mol. The number of esters is 1. The first-order valence-electron chi connectivity index (χ1n) is 7.62. The molecule has 0 radical (unpaired) electrons. The van der Waals surface area contributed by atoms with Crippen molar-refractivity contribution < 1.29 is 23.5 Å². The summed E-state index contributed by atoms with van der Waals surface area (Å²) < 4.78 is 18.1. The third-order valence-electron chi connectivity index (χ3n) is 3.32. The number of pyridine rings is 1. The van der Waals surface area contributed by atoms with E-state index in [9.17, 15) is 18.8 Å². The number of nitrogens with one attached hydrogen (secondary N) is 1. The van der Waals surface area contributed by atoms with Gasteiger partial charge in [0.05, 0.1) is 6.61 Å². The van der Waals surface area contributed by atoms with Crippen LogP contribution in [-0.2, 0) is 14.3 Å². The molecule has 2 rings (SSSR count). The Hall–Kier alpha value is -3.09. The second-order valence-electron chi connectivity index (χ2n) is 5.21. The van der Waals surface area contributed by atoms with Gasteiger partial charge in [-0.2, -0.15) is 0 Å². The van der Waals surface area contributed by atoms with Crippen LogP contribution in [0.5, 0.6) is 0 Å². The van der Waals surface area contributed by atoms with Gasteiger partial charge in [0.15, 0.2) is 5.78 Å². The molecule has 1 heterocycles. The molecule has 1 aromatic carbocycles. The summed E-state index contributed by atoms with van der Waals surface area (Å²) in [6, 6.07) is 7.93. The smallest absolute Gasteiger partial charge is 0.321 e. The van der Waals surface area contributed by atoms with Gasteiger partial charge in [-0.25, -0.2) is 4.39 Å². The second kappa shape index (κ2) is 8.14. The molecule has 6 nitrogen and oxygen atoms in total. The predicted octanol–water partition coefficient (Wildman–Crippen LogP) is 2.71. The molecule has 0 saturated carbocycles. The van der Waals surface area contributed by atoms with E-state index in [0.29, 0.717) is 11.3 Å². The number of Topliss-reactive ketones (excluding diaryl/α,β-unsaturated/α-hetero) is 1. The zero-order chi connectivity index (χ0) is 18.4. The number of rotatable bonds is 6. The molecule has 0 aliphatic heterocycles. The number of halogens is 1. The minimum absolute atomic E-state index is 0.00590. The van der Waals surface area contributed by atoms with Gasteiger partial charge in [0.25, 0.3) is 0 Å². The number of anilines is 1. The monoisotopic (exact) mass is 344 g/mol. The van der Waals surface area contributed by atoms with Crippen molar-refractivity contribution >= 4 is 23.3 Å². The summed E-state index contributed by atoms with van der Waals surface area (Å²) in [5.74, 6) is -3.39. The summed E-state index contributed by atoms with van der Waals surface area (Å²) >= 11 is 0. The number of amides is 1. The summed E-state index contributed by atoms with van der Waals surface area (Å²) in [4.78, 5) is 40.2. The Morgan fingerprint density at radius 2 is 1.88 bits per heavy atom. The van der Waals surface area contributed by atoms with E-state index in [2.05, 4.69) is 10.3 Å². The van der Waals surface area contributed by atoms with Crippen molar-refractivity contribution in [1.29, 1.82) is 0 Å². The molecule has 1 unspecified atom stereocenters. The topological polar surface area (TPSA) is 85.4 Å².